The Hall–Kier alpha value is -2.14. The molecular weight excluding hydrogens is 322 g/mol. The third-order valence-corrected chi connectivity index (χ3v) is 4.51. The Balaban J connectivity index is 2.05. The highest BCUT2D eigenvalue weighted by molar-refractivity contribution is 7.89. The molecule has 0 heterocycles. The van der Waals surface area contributed by atoms with Crippen LogP contribution in [0.3, 0.4) is 0 Å². The minimum atomic E-state index is -3.12. The Morgan fingerprint density at radius 3 is 2.38 bits per heavy atom. The summed E-state index contributed by atoms with van der Waals surface area (Å²) in [6.07, 6.45) is 4.53. The monoisotopic (exact) mass is 345 g/mol. The first-order valence-corrected chi connectivity index (χ1v) is 10.1. The van der Waals surface area contributed by atoms with Crippen molar-refractivity contribution < 1.29 is 13.2 Å². The SMILES string of the molecule is CCCCc1ccc(NC(=O)c2cccc(CS(C)(=O)=O)c2)cc1. The lowest BCUT2D eigenvalue weighted by molar-refractivity contribution is 0.102. The minimum Gasteiger partial charge on any atom is -0.322 e. The molecule has 0 saturated carbocycles. The summed E-state index contributed by atoms with van der Waals surface area (Å²) in [7, 11) is -3.12. The van der Waals surface area contributed by atoms with Gasteiger partial charge in [-0.25, -0.2) is 8.42 Å². The molecule has 5 heteroatoms. The molecule has 0 radical (unpaired) electrons. The van der Waals surface area contributed by atoms with Gasteiger partial charge in [-0.1, -0.05) is 37.6 Å². The molecule has 0 saturated heterocycles. The zero-order chi connectivity index (χ0) is 17.6. The summed E-state index contributed by atoms with van der Waals surface area (Å²) in [6.45, 7) is 2.16. The number of carbonyl (C=O) groups excluding carboxylic acids is 1. The van der Waals surface area contributed by atoms with Crippen molar-refractivity contribution >= 4 is 21.4 Å². The van der Waals surface area contributed by atoms with Gasteiger partial charge < -0.3 is 5.32 Å². The first-order chi connectivity index (χ1) is 11.4. The Kier molecular flexibility index (Phi) is 6.15. The molecule has 0 spiro atoms. The smallest absolute Gasteiger partial charge is 0.255 e. The van der Waals surface area contributed by atoms with Crippen LogP contribution in [0.2, 0.25) is 0 Å². The van der Waals surface area contributed by atoms with Crippen molar-refractivity contribution in [1.82, 2.24) is 0 Å². The molecule has 1 N–H and O–H groups in total. The Morgan fingerprint density at radius 2 is 1.75 bits per heavy atom. The van der Waals surface area contributed by atoms with E-state index in [1.165, 1.54) is 11.8 Å². The summed E-state index contributed by atoms with van der Waals surface area (Å²) < 4.78 is 22.8. The zero-order valence-electron chi connectivity index (χ0n) is 14.1. The van der Waals surface area contributed by atoms with Gasteiger partial charge in [0.1, 0.15) is 0 Å². The van der Waals surface area contributed by atoms with Crippen molar-refractivity contribution in [2.75, 3.05) is 11.6 Å². The molecule has 2 rings (SSSR count). The molecule has 0 bridgehead atoms. The van der Waals surface area contributed by atoms with E-state index in [-0.39, 0.29) is 11.7 Å². The van der Waals surface area contributed by atoms with Crippen molar-refractivity contribution in [3.05, 3.63) is 65.2 Å². The predicted octanol–water partition coefficient (Wildman–Crippen LogP) is 3.83. The van der Waals surface area contributed by atoms with Gasteiger partial charge in [0.05, 0.1) is 5.75 Å². The van der Waals surface area contributed by atoms with Crippen LogP contribution < -0.4 is 5.32 Å². The molecule has 0 aliphatic heterocycles. The van der Waals surface area contributed by atoms with Crippen molar-refractivity contribution in [2.24, 2.45) is 0 Å². The van der Waals surface area contributed by atoms with E-state index in [9.17, 15) is 13.2 Å². The standard InChI is InChI=1S/C19H23NO3S/c1-3-4-6-15-9-11-18(12-10-15)20-19(21)17-8-5-7-16(13-17)14-24(2,22)23/h5,7-13H,3-4,6,14H2,1-2H3,(H,20,21). The van der Waals surface area contributed by atoms with E-state index in [0.29, 0.717) is 11.1 Å². The number of anilines is 1. The normalized spacial score (nSPS) is 11.2. The molecule has 0 fully saturated rings. The fraction of sp³-hybridized carbons (Fsp3) is 0.316. The van der Waals surface area contributed by atoms with Crippen LogP contribution in [0, 0.1) is 0 Å². The maximum absolute atomic E-state index is 12.3. The van der Waals surface area contributed by atoms with Crippen molar-refractivity contribution in [3.8, 4) is 0 Å². The molecule has 4 nitrogen and oxygen atoms in total. The topological polar surface area (TPSA) is 63.2 Å². The number of carbonyl (C=O) groups is 1. The largest absolute Gasteiger partial charge is 0.322 e. The van der Waals surface area contributed by atoms with Crippen molar-refractivity contribution in [3.63, 3.8) is 0 Å². The van der Waals surface area contributed by atoms with Gasteiger partial charge in [-0.15, -0.1) is 0 Å². The Bertz CT molecular complexity index is 796. The van der Waals surface area contributed by atoms with Gasteiger partial charge in [0.15, 0.2) is 9.84 Å². The van der Waals surface area contributed by atoms with Gasteiger partial charge >= 0.3 is 0 Å². The van der Waals surface area contributed by atoms with Crippen LogP contribution in [-0.4, -0.2) is 20.6 Å². The molecule has 0 aliphatic rings. The maximum atomic E-state index is 12.3. The van der Waals surface area contributed by atoms with Crippen molar-refractivity contribution in [1.29, 1.82) is 0 Å². The molecule has 0 atom stereocenters. The van der Waals surface area contributed by atoms with Gasteiger partial charge in [-0.05, 0) is 48.2 Å². The maximum Gasteiger partial charge on any atom is 0.255 e. The number of unbranched alkanes of at least 4 members (excludes halogenated alkanes) is 1. The second kappa shape index (κ2) is 8.11. The van der Waals surface area contributed by atoms with Crippen LogP contribution in [-0.2, 0) is 22.0 Å². The van der Waals surface area contributed by atoms with Crippen LogP contribution in [0.1, 0.15) is 41.3 Å². The first kappa shape index (κ1) is 18.2. The van der Waals surface area contributed by atoms with E-state index in [1.807, 2.05) is 24.3 Å². The summed E-state index contributed by atoms with van der Waals surface area (Å²) in [5.74, 6) is -0.313. The van der Waals surface area contributed by atoms with Gasteiger partial charge in [0, 0.05) is 17.5 Å². The van der Waals surface area contributed by atoms with Gasteiger partial charge in [0.2, 0.25) is 0 Å². The molecule has 2 aromatic carbocycles. The highest BCUT2D eigenvalue weighted by Gasteiger charge is 2.10. The average Bonchev–Trinajstić information content (AvgIpc) is 2.53. The number of rotatable bonds is 7. The number of benzene rings is 2. The fourth-order valence-corrected chi connectivity index (χ4v) is 3.23. The number of amides is 1. The van der Waals surface area contributed by atoms with Gasteiger partial charge in [-0.2, -0.15) is 0 Å². The molecule has 0 unspecified atom stereocenters. The van der Waals surface area contributed by atoms with E-state index < -0.39 is 9.84 Å². The minimum absolute atomic E-state index is 0.0692. The number of aryl methyl sites for hydroxylation is 1. The van der Waals surface area contributed by atoms with E-state index in [0.717, 1.165) is 24.9 Å². The summed E-state index contributed by atoms with van der Waals surface area (Å²) in [5.41, 5.74) is 3.05. The van der Waals surface area contributed by atoms with Crippen LogP contribution in [0.15, 0.2) is 48.5 Å². The summed E-state index contributed by atoms with van der Waals surface area (Å²) >= 11 is 0. The first-order valence-electron chi connectivity index (χ1n) is 8.04. The van der Waals surface area contributed by atoms with Gasteiger partial charge in [0.25, 0.3) is 5.91 Å². The molecule has 24 heavy (non-hydrogen) atoms. The van der Waals surface area contributed by atoms with Crippen molar-refractivity contribution in [2.45, 2.75) is 31.9 Å². The molecule has 0 aromatic heterocycles. The van der Waals surface area contributed by atoms with E-state index in [2.05, 4.69) is 12.2 Å². The molecule has 128 valence electrons. The third-order valence-electron chi connectivity index (χ3n) is 3.65. The fourth-order valence-electron chi connectivity index (χ4n) is 2.44. The van der Waals surface area contributed by atoms with Crippen LogP contribution in [0.5, 0.6) is 0 Å². The van der Waals surface area contributed by atoms with E-state index >= 15 is 0 Å². The Morgan fingerprint density at radius 1 is 1.04 bits per heavy atom. The molecule has 0 aliphatic carbocycles. The summed E-state index contributed by atoms with van der Waals surface area (Å²) in [5, 5.41) is 2.84. The quantitative estimate of drug-likeness (QED) is 0.829. The second-order valence-electron chi connectivity index (χ2n) is 6.03. The van der Waals surface area contributed by atoms with Crippen LogP contribution >= 0.6 is 0 Å². The van der Waals surface area contributed by atoms with E-state index in [4.69, 9.17) is 0 Å². The molecule has 2 aromatic rings. The number of hydrogen-bond donors (Lipinski definition) is 1. The van der Waals surface area contributed by atoms with Crippen LogP contribution in [0.4, 0.5) is 5.69 Å². The van der Waals surface area contributed by atoms with E-state index in [1.54, 1.807) is 24.3 Å². The molecule has 1 amide bonds. The summed E-state index contributed by atoms with van der Waals surface area (Å²) in [6, 6.07) is 14.5. The predicted molar refractivity (Wildman–Crippen MR) is 98.0 cm³/mol. The third kappa shape index (κ3) is 5.81. The lowest BCUT2D eigenvalue weighted by atomic mass is 10.1. The summed E-state index contributed by atoms with van der Waals surface area (Å²) in [4.78, 5) is 12.3. The highest BCUT2D eigenvalue weighted by atomic mass is 32.2. The molecular formula is C19H23NO3S. The average molecular weight is 345 g/mol. The van der Waals surface area contributed by atoms with Gasteiger partial charge in [-0.3, -0.25) is 4.79 Å². The zero-order valence-corrected chi connectivity index (χ0v) is 14.9. The highest BCUT2D eigenvalue weighted by Crippen LogP contribution is 2.14. The lowest BCUT2D eigenvalue weighted by Crippen LogP contribution is -2.12. The number of sulfone groups is 1. The van der Waals surface area contributed by atoms with Crippen LogP contribution in [0.25, 0.3) is 0 Å². The second-order valence-corrected chi connectivity index (χ2v) is 8.17. The lowest BCUT2D eigenvalue weighted by Gasteiger charge is -2.08. The number of nitrogens with one attached hydrogen (secondary N) is 1. The number of hydrogen-bond acceptors (Lipinski definition) is 3. The Labute approximate surface area is 143 Å².